The number of carbonyl (C=O) groups excluding carboxylic acids is 1. The lowest BCUT2D eigenvalue weighted by Gasteiger charge is -2.29. The summed E-state index contributed by atoms with van der Waals surface area (Å²) in [4.78, 5) is 16.0. The van der Waals surface area contributed by atoms with E-state index in [1.54, 1.807) is 4.90 Å². The topological polar surface area (TPSA) is 59.4 Å². The molecule has 5 nitrogen and oxygen atoms in total. The largest absolute Gasteiger partial charge is 0.374 e. The Kier molecular flexibility index (Phi) is 3.57. The van der Waals surface area contributed by atoms with Crippen molar-refractivity contribution in [2.45, 2.75) is 32.2 Å². The first-order chi connectivity index (χ1) is 10.1. The van der Waals surface area contributed by atoms with Crippen molar-refractivity contribution in [2.24, 2.45) is 0 Å². The number of nitrogens with zero attached hydrogens (tertiary/aromatic N) is 2. The van der Waals surface area contributed by atoms with Crippen molar-refractivity contribution in [2.75, 3.05) is 25.0 Å². The molecule has 1 aromatic rings. The molecule has 1 saturated heterocycles. The van der Waals surface area contributed by atoms with Gasteiger partial charge in [0.2, 0.25) is 0 Å². The van der Waals surface area contributed by atoms with Crippen LogP contribution in [0.5, 0.6) is 0 Å². The van der Waals surface area contributed by atoms with Gasteiger partial charge in [0.05, 0.1) is 0 Å². The lowest BCUT2D eigenvalue weighted by atomic mass is 9.96. The first-order valence-electron chi connectivity index (χ1n) is 7.62. The molecule has 2 N–H and O–H groups in total. The van der Waals surface area contributed by atoms with Crippen LogP contribution in [0.3, 0.4) is 0 Å². The van der Waals surface area contributed by atoms with E-state index < -0.39 is 0 Å². The van der Waals surface area contributed by atoms with Gasteiger partial charge < -0.3 is 9.80 Å². The lowest BCUT2D eigenvalue weighted by molar-refractivity contribution is 0.206. The predicted octanol–water partition coefficient (Wildman–Crippen LogP) is 2.52. The van der Waals surface area contributed by atoms with Crippen molar-refractivity contribution in [3.05, 3.63) is 29.3 Å². The van der Waals surface area contributed by atoms with E-state index in [2.05, 4.69) is 35.5 Å². The monoisotopic (exact) mass is 286 g/mol. The van der Waals surface area contributed by atoms with Crippen LogP contribution in [0.2, 0.25) is 0 Å². The molecule has 2 aliphatic heterocycles. The summed E-state index contributed by atoms with van der Waals surface area (Å²) in [5.41, 5.74) is 3.64. The molecule has 0 radical (unpaired) electrons. The molecular weight excluding hydrogens is 264 g/mol. The van der Waals surface area contributed by atoms with Gasteiger partial charge in [-0.2, -0.15) is 0 Å². The number of nitrogens with one attached hydrogen (secondary N) is 2. The molecule has 0 aliphatic carbocycles. The second-order valence-corrected chi connectivity index (χ2v) is 5.85. The molecule has 1 unspecified atom stereocenters. The highest BCUT2D eigenvalue weighted by Gasteiger charge is 2.36. The SMILES string of the molecule is CCCN1C(=O)NC(=N)C1c1ccc2c(c1)CCCN2C. The van der Waals surface area contributed by atoms with Gasteiger partial charge in [0, 0.05) is 25.8 Å². The van der Waals surface area contributed by atoms with Gasteiger partial charge in [-0.1, -0.05) is 19.1 Å². The Balaban J connectivity index is 1.95. The van der Waals surface area contributed by atoms with Gasteiger partial charge in [0.1, 0.15) is 11.9 Å². The highest BCUT2D eigenvalue weighted by molar-refractivity contribution is 6.06. The number of hydrogen-bond acceptors (Lipinski definition) is 3. The van der Waals surface area contributed by atoms with Gasteiger partial charge in [-0.15, -0.1) is 0 Å². The fourth-order valence-electron chi connectivity index (χ4n) is 3.32. The second-order valence-electron chi connectivity index (χ2n) is 5.85. The number of anilines is 1. The summed E-state index contributed by atoms with van der Waals surface area (Å²) < 4.78 is 0. The summed E-state index contributed by atoms with van der Waals surface area (Å²) >= 11 is 0. The molecule has 0 aromatic heterocycles. The first-order valence-corrected chi connectivity index (χ1v) is 7.62. The van der Waals surface area contributed by atoms with Crippen LogP contribution in [0.4, 0.5) is 10.5 Å². The predicted molar refractivity (Wildman–Crippen MR) is 84.0 cm³/mol. The molecule has 1 aromatic carbocycles. The number of fused-ring (bicyclic) bond motifs is 1. The zero-order chi connectivity index (χ0) is 15.0. The van der Waals surface area contributed by atoms with Crippen molar-refractivity contribution < 1.29 is 4.79 Å². The Morgan fingerprint density at radius 2 is 2.24 bits per heavy atom. The van der Waals surface area contributed by atoms with Crippen LogP contribution in [0.25, 0.3) is 0 Å². The van der Waals surface area contributed by atoms with Crippen LogP contribution in [-0.2, 0) is 6.42 Å². The van der Waals surface area contributed by atoms with E-state index in [1.165, 1.54) is 11.3 Å². The van der Waals surface area contributed by atoms with Crippen molar-refractivity contribution >= 4 is 17.6 Å². The van der Waals surface area contributed by atoms with E-state index >= 15 is 0 Å². The molecule has 2 heterocycles. The third-order valence-corrected chi connectivity index (χ3v) is 4.32. The van der Waals surface area contributed by atoms with Gasteiger partial charge in [-0.3, -0.25) is 10.7 Å². The van der Waals surface area contributed by atoms with Gasteiger partial charge in [-0.05, 0) is 36.5 Å². The molecule has 1 atom stereocenters. The number of aryl methyl sites for hydroxylation is 1. The molecule has 3 rings (SSSR count). The zero-order valence-electron chi connectivity index (χ0n) is 12.6. The average molecular weight is 286 g/mol. The molecule has 2 amide bonds. The Morgan fingerprint density at radius 3 is 3.00 bits per heavy atom. The average Bonchev–Trinajstić information content (AvgIpc) is 2.74. The fraction of sp³-hybridized carbons (Fsp3) is 0.500. The van der Waals surface area contributed by atoms with Crippen LogP contribution >= 0.6 is 0 Å². The quantitative estimate of drug-likeness (QED) is 0.897. The molecule has 2 aliphatic rings. The summed E-state index contributed by atoms with van der Waals surface area (Å²) in [6, 6.07) is 5.96. The van der Waals surface area contributed by atoms with Crippen LogP contribution in [0, 0.1) is 5.41 Å². The molecule has 1 fully saturated rings. The summed E-state index contributed by atoms with van der Waals surface area (Å²) in [5, 5.41) is 10.7. The van der Waals surface area contributed by atoms with E-state index in [0.29, 0.717) is 6.54 Å². The Hall–Kier alpha value is -2.04. The van der Waals surface area contributed by atoms with Gasteiger partial charge in [0.25, 0.3) is 0 Å². The minimum absolute atomic E-state index is 0.151. The fourth-order valence-corrected chi connectivity index (χ4v) is 3.32. The number of carbonyl (C=O) groups is 1. The Labute approximate surface area is 125 Å². The number of rotatable bonds is 3. The van der Waals surface area contributed by atoms with Crippen LogP contribution < -0.4 is 10.2 Å². The van der Waals surface area contributed by atoms with Crippen molar-refractivity contribution in [3.63, 3.8) is 0 Å². The third kappa shape index (κ3) is 2.37. The summed E-state index contributed by atoms with van der Waals surface area (Å²) in [6.07, 6.45) is 3.12. The minimum atomic E-state index is -0.255. The van der Waals surface area contributed by atoms with Crippen molar-refractivity contribution in [1.82, 2.24) is 10.2 Å². The second kappa shape index (κ2) is 5.39. The van der Waals surface area contributed by atoms with E-state index in [9.17, 15) is 4.79 Å². The maximum absolute atomic E-state index is 12.0. The van der Waals surface area contributed by atoms with Gasteiger partial charge in [0.15, 0.2) is 0 Å². The third-order valence-electron chi connectivity index (χ3n) is 4.32. The Bertz CT molecular complexity index is 584. The molecule has 0 spiro atoms. The van der Waals surface area contributed by atoms with Crippen molar-refractivity contribution in [1.29, 1.82) is 5.41 Å². The van der Waals surface area contributed by atoms with Gasteiger partial charge in [-0.25, -0.2) is 4.79 Å². The summed E-state index contributed by atoms with van der Waals surface area (Å²) in [7, 11) is 2.11. The molecule has 0 saturated carbocycles. The van der Waals surface area contributed by atoms with E-state index in [-0.39, 0.29) is 17.9 Å². The molecule has 0 bridgehead atoms. The maximum Gasteiger partial charge on any atom is 0.323 e. The number of benzene rings is 1. The number of amides is 2. The molecular formula is C16H22N4O. The van der Waals surface area contributed by atoms with E-state index in [0.717, 1.165) is 31.4 Å². The molecule has 112 valence electrons. The van der Waals surface area contributed by atoms with Crippen molar-refractivity contribution in [3.8, 4) is 0 Å². The Morgan fingerprint density at radius 1 is 1.43 bits per heavy atom. The normalized spacial score (nSPS) is 21.5. The molecule has 21 heavy (non-hydrogen) atoms. The van der Waals surface area contributed by atoms with E-state index in [4.69, 9.17) is 5.41 Å². The van der Waals surface area contributed by atoms with Gasteiger partial charge >= 0.3 is 6.03 Å². The maximum atomic E-state index is 12.0. The minimum Gasteiger partial charge on any atom is -0.374 e. The first kappa shape index (κ1) is 13.9. The zero-order valence-corrected chi connectivity index (χ0v) is 12.6. The summed E-state index contributed by atoms with van der Waals surface area (Å²) in [5.74, 6) is 0.289. The number of urea groups is 1. The van der Waals surface area contributed by atoms with Crippen LogP contribution in [-0.4, -0.2) is 36.9 Å². The van der Waals surface area contributed by atoms with Crippen LogP contribution in [0.1, 0.15) is 36.9 Å². The van der Waals surface area contributed by atoms with Crippen LogP contribution in [0.15, 0.2) is 18.2 Å². The lowest BCUT2D eigenvalue weighted by Crippen LogP contribution is -2.31. The molecule has 5 heteroatoms. The number of hydrogen-bond donors (Lipinski definition) is 2. The standard InChI is InChI=1S/C16H22N4O/c1-3-8-20-14(15(17)18-16(20)21)12-6-7-13-11(10-12)5-4-9-19(13)2/h6-7,10,14H,3-5,8-9H2,1-2H3,(H2,17,18,21). The summed E-state index contributed by atoms with van der Waals surface area (Å²) in [6.45, 7) is 3.82. The smallest absolute Gasteiger partial charge is 0.323 e. The highest BCUT2D eigenvalue weighted by atomic mass is 16.2. The number of amidine groups is 1. The highest BCUT2D eigenvalue weighted by Crippen LogP contribution is 2.32. The van der Waals surface area contributed by atoms with E-state index in [1.807, 2.05) is 6.92 Å².